The fourth-order valence-electron chi connectivity index (χ4n) is 1.98. The van der Waals surface area contributed by atoms with Crippen molar-refractivity contribution >= 4 is 5.69 Å². The van der Waals surface area contributed by atoms with E-state index >= 15 is 0 Å². The molecule has 0 aliphatic carbocycles. The van der Waals surface area contributed by atoms with Crippen LogP contribution in [0.15, 0.2) is 48.5 Å². The fourth-order valence-corrected chi connectivity index (χ4v) is 1.98. The first-order valence-electron chi connectivity index (χ1n) is 6.71. The van der Waals surface area contributed by atoms with E-state index in [0.717, 1.165) is 18.7 Å². The molecule has 19 heavy (non-hydrogen) atoms. The Morgan fingerprint density at radius 2 is 1.42 bits per heavy atom. The van der Waals surface area contributed by atoms with Crippen LogP contribution in [-0.2, 0) is 24.3 Å². The molecule has 2 aromatic rings. The van der Waals surface area contributed by atoms with E-state index in [0.29, 0.717) is 6.61 Å². The molecule has 1 N–H and O–H groups in total. The molecule has 0 heterocycles. The SMILES string of the molecule is CCc1ccc(NCc2ccc(COC)cc2)cc1. The molecular weight excluding hydrogens is 234 g/mol. The van der Waals surface area contributed by atoms with Crippen LogP contribution in [0.25, 0.3) is 0 Å². The fraction of sp³-hybridized carbons (Fsp3) is 0.294. The summed E-state index contributed by atoms with van der Waals surface area (Å²) in [6.45, 7) is 3.69. The third-order valence-electron chi connectivity index (χ3n) is 3.19. The molecule has 0 fully saturated rings. The normalized spacial score (nSPS) is 10.4. The molecule has 0 aromatic heterocycles. The van der Waals surface area contributed by atoms with Crippen molar-refractivity contribution in [2.45, 2.75) is 26.5 Å². The number of methoxy groups -OCH3 is 1. The highest BCUT2D eigenvalue weighted by Gasteiger charge is 1.96. The molecule has 0 atom stereocenters. The summed E-state index contributed by atoms with van der Waals surface area (Å²) in [4.78, 5) is 0. The summed E-state index contributed by atoms with van der Waals surface area (Å²) in [7, 11) is 1.72. The molecule has 0 unspecified atom stereocenters. The van der Waals surface area contributed by atoms with Gasteiger partial charge in [0.1, 0.15) is 0 Å². The van der Waals surface area contributed by atoms with Gasteiger partial charge in [0, 0.05) is 19.3 Å². The lowest BCUT2D eigenvalue weighted by Crippen LogP contribution is -1.99. The Bertz CT molecular complexity index is 488. The molecule has 0 aliphatic heterocycles. The smallest absolute Gasteiger partial charge is 0.0713 e. The third-order valence-corrected chi connectivity index (χ3v) is 3.19. The average molecular weight is 255 g/mol. The van der Waals surface area contributed by atoms with E-state index in [-0.39, 0.29) is 0 Å². The number of hydrogen-bond acceptors (Lipinski definition) is 2. The zero-order valence-electron chi connectivity index (χ0n) is 11.6. The van der Waals surface area contributed by atoms with E-state index < -0.39 is 0 Å². The van der Waals surface area contributed by atoms with Gasteiger partial charge in [0.25, 0.3) is 0 Å². The summed E-state index contributed by atoms with van der Waals surface area (Å²) < 4.78 is 5.10. The first-order valence-corrected chi connectivity index (χ1v) is 6.71. The van der Waals surface area contributed by atoms with Crippen LogP contribution in [-0.4, -0.2) is 7.11 Å². The maximum atomic E-state index is 5.10. The number of ether oxygens (including phenoxy) is 1. The van der Waals surface area contributed by atoms with Crippen molar-refractivity contribution in [3.63, 3.8) is 0 Å². The molecule has 0 radical (unpaired) electrons. The summed E-state index contributed by atoms with van der Waals surface area (Å²) in [5, 5.41) is 3.43. The molecule has 2 nitrogen and oxygen atoms in total. The number of benzene rings is 2. The van der Waals surface area contributed by atoms with E-state index in [1.54, 1.807) is 7.11 Å². The topological polar surface area (TPSA) is 21.3 Å². The molecule has 0 bridgehead atoms. The van der Waals surface area contributed by atoms with Crippen molar-refractivity contribution in [3.8, 4) is 0 Å². The highest BCUT2D eigenvalue weighted by molar-refractivity contribution is 5.45. The van der Waals surface area contributed by atoms with Gasteiger partial charge >= 0.3 is 0 Å². The summed E-state index contributed by atoms with van der Waals surface area (Å²) in [5.41, 5.74) is 5.02. The highest BCUT2D eigenvalue weighted by atomic mass is 16.5. The zero-order valence-corrected chi connectivity index (χ0v) is 11.6. The molecule has 2 rings (SSSR count). The molecule has 0 saturated heterocycles. The summed E-state index contributed by atoms with van der Waals surface area (Å²) in [5.74, 6) is 0. The second-order valence-electron chi connectivity index (χ2n) is 4.65. The van der Waals surface area contributed by atoms with Gasteiger partial charge < -0.3 is 10.1 Å². The second kappa shape index (κ2) is 6.95. The third kappa shape index (κ3) is 4.11. The van der Waals surface area contributed by atoms with Crippen molar-refractivity contribution in [1.29, 1.82) is 0 Å². The second-order valence-corrected chi connectivity index (χ2v) is 4.65. The van der Waals surface area contributed by atoms with Crippen LogP contribution in [0.2, 0.25) is 0 Å². The average Bonchev–Trinajstić information content (AvgIpc) is 2.47. The largest absolute Gasteiger partial charge is 0.381 e. The number of hydrogen-bond donors (Lipinski definition) is 1. The van der Waals surface area contributed by atoms with E-state index in [4.69, 9.17) is 4.74 Å². The van der Waals surface area contributed by atoms with Gasteiger partial charge in [0.2, 0.25) is 0 Å². The van der Waals surface area contributed by atoms with Crippen molar-refractivity contribution < 1.29 is 4.74 Å². The summed E-state index contributed by atoms with van der Waals surface area (Å²) >= 11 is 0. The Labute approximate surface area is 115 Å². The number of anilines is 1. The van der Waals surface area contributed by atoms with Gasteiger partial charge in [-0.25, -0.2) is 0 Å². The van der Waals surface area contributed by atoms with Gasteiger partial charge in [-0.15, -0.1) is 0 Å². The number of rotatable bonds is 6. The Morgan fingerprint density at radius 3 is 2.00 bits per heavy atom. The van der Waals surface area contributed by atoms with Gasteiger partial charge in [-0.05, 0) is 35.2 Å². The van der Waals surface area contributed by atoms with Gasteiger partial charge in [0.05, 0.1) is 6.61 Å². The minimum Gasteiger partial charge on any atom is -0.381 e. The molecule has 100 valence electrons. The maximum absolute atomic E-state index is 5.10. The van der Waals surface area contributed by atoms with Gasteiger partial charge in [0.15, 0.2) is 0 Å². The Kier molecular flexibility index (Phi) is 4.99. The monoisotopic (exact) mass is 255 g/mol. The lowest BCUT2D eigenvalue weighted by molar-refractivity contribution is 0.185. The van der Waals surface area contributed by atoms with Crippen LogP contribution in [0, 0.1) is 0 Å². The van der Waals surface area contributed by atoms with Crippen LogP contribution in [0.1, 0.15) is 23.6 Å². The van der Waals surface area contributed by atoms with Crippen molar-refractivity contribution in [3.05, 3.63) is 65.2 Å². The molecule has 0 spiro atoms. The Hall–Kier alpha value is -1.80. The zero-order chi connectivity index (χ0) is 13.5. The first kappa shape index (κ1) is 13.6. The molecule has 0 aliphatic rings. The lowest BCUT2D eigenvalue weighted by Gasteiger charge is -2.08. The van der Waals surface area contributed by atoms with E-state index in [9.17, 15) is 0 Å². The van der Waals surface area contributed by atoms with E-state index in [1.165, 1.54) is 16.7 Å². The van der Waals surface area contributed by atoms with Crippen LogP contribution in [0.4, 0.5) is 5.69 Å². The van der Waals surface area contributed by atoms with Gasteiger partial charge in [-0.3, -0.25) is 0 Å². The number of aryl methyl sites for hydroxylation is 1. The van der Waals surface area contributed by atoms with Crippen molar-refractivity contribution in [1.82, 2.24) is 0 Å². The molecule has 0 saturated carbocycles. The van der Waals surface area contributed by atoms with Crippen LogP contribution in [0.3, 0.4) is 0 Å². The predicted molar refractivity (Wildman–Crippen MR) is 80.3 cm³/mol. The van der Waals surface area contributed by atoms with Gasteiger partial charge in [-0.1, -0.05) is 43.3 Å². The van der Waals surface area contributed by atoms with Crippen LogP contribution in [0.5, 0.6) is 0 Å². The van der Waals surface area contributed by atoms with Gasteiger partial charge in [-0.2, -0.15) is 0 Å². The molecule has 0 amide bonds. The van der Waals surface area contributed by atoms with Crippen molar-refractivity contribution in [2.75, 3.05) is 12.4 Å². The summed E-state index contributed by atoms with van der Waals surface area (Å²) in [6.07, 6.45) is 1.08. The Balaban J connectivity index is 1.90. The minimum absolute atomic E-state index is 0.673. The summed E-state index contributed by atoms with van der Waals surface area (Å²) in [6, 6.07) is 17.1. The van der Waals surface area contributed by atoms with E-state index in [2.05, 4.69) is 60.8 Å². The first-order chi connectivity index (χ1) is 9.31. The quantitative estimate of drug-likeness (QED) is 0.842. The van der Waals surface area contributed by atoms with Crippen molar-refractivity contribution in [2.24, 2.45) is 0 Å². The maximum Gasteiger partial charge on any atom is 0.0713 e. The number of nitrogens with one attached hydrogen (secondary N) is 1. The molecular formula is C17H21NO. The molecule has 2 aromatic carbocycles. The van der Waals surface area contributed by atoms with Crippen LogP contribution >= 0.6 is 0 Å². The van der Waals surface area contributed by atoms with Crippen LogP contribution < -0.4 is 5.32 Å². The minimum atomic E-state index is 0.673. The highest BCUT2D eigenvalue weighted by Crippen LogP contribution is 2.12. The lowest BCUT2D eigenvalue weighted by atomic mass is 10.1. The molecule has 2 heteroatoms. The van der Waals surface area contributed by atoms with E-state index in [1.807, 2.05) is 0 Å². The predicted octanol–water partition coefficient (Wildman–Crippen LogP) is 4.01. The Morgan fingerprint density at radius 1 is 0.842 bits per heavy atom. The standard InChI is InChI=1S/C17H21NO/c1-3-14-8-10-17(11-9-14)18-12-15-4-6-16(7-5-15)13-19-2/h4-11,18H,3,12-13H2,1-2H3.